The van der Waals surface area contributed by atoms with Crippen molar-refractivity contribution >= 4 is 15.9 Å². The number of nitrogens with one attached hydrogen (secondary N) is 1. The Balaban J connectivity index is 2.46. The minimum absolute atomic E-state index is 0.0901. The summed E-state index contributed by atoms with van der Waals surface area (Å²) in [6.45, 7) is 0.279. The number of ether oxygens (including phenoxy) is 1. The van der Waals surface area contributed by atoms with Gasteiger partial charge in [0.15, 0.2) is 0 Å². The molecule has 0 amide bonds. The van der Waals surface area contributed by atoms with Crippen LogP contribution in [0.4, 0.5) is 13.2 Å². The minimum Gasteiger partial charge on any atom is -0.497 e. The van der Waals surface area contributed by atoms with Crippen LogP contribution in [0.25, 0.3) is 0 Å². The molecule has 0 aromatic heterocycles. The van der Waals surface area contributed by atoms with E-state index in [2.05, 4.69) is 21.2 Å². The molecule has 0 unspecified atom stereocenters. The van der Waals surface area contributed by atoms with E-state index in [1.807, 2.05) is 0 Å². The van der Waals surface area contributed by atoms with Crippen LogP contribution in [0.5, 0.6) is 5.75 Å². The highest BCUT2D eigenvalue weighted by molar-refractivity contribution is 9.10. The van der Waals surface area contributed by atoms with Crippen LogP contribution in [0.3, 0.4) is 0 Å². The highest BCUT2D eigenvalue weighted by atomic mass is 79.9. The highest BCUT2D eigenvalue weighted by Crippen LogP contribution is 2.22. The van der Waals surface area contributed by atoms with Gasteiger partial charge < -0.3 is 10.1 Å². The molecule has 0 saturated carbocycles. The van der Waals surface area contributed by atoms with E-state index in [9.17, 15) is 13.2 Å². The van der Waals surface area contributed by atoms with Crippen molar-refractivity contribution in [3.05, 3.63) is 28.2 Å². The zero-order valence-electron chi connectivity index (χ0n) is 9.27. The zero-order chi connectivity index (χ0) is 12.9. The zero-order valence-corrected chi connectivity index (χ0v) is 10.9. The lowest BCUT2D eigenvalue weighted by Gasteiger charge is -2.10. The Hall–Kier alpha value is -0.750. The van der Waals surface area contributed by atoms with Crippen LogP contribution in [0.15, 0.2) is 22.7 Å². The van der Waals surface area contributed by atoms with Crippen molar-refractivity contribution in [2.45, 2.75) is 19.1 Å². The molecule has 0 spiro atoms. The van der Waals surface area contributed by atoms with Gasteiger partial charge in [0, 0.05) is 17.6 Å². The number of halogens is 4. The first-order valence-corrected chi connectivity index (χ1v) is 5.81. The molecule has 0 bridgehead atoms. The van der Waals surface area contributed by atoms with Gasteiger partial charge in [-0.25, -0.2) is 0 Å². The summed E-state index contributed by atoms with van der Waals surface area (Å²) < 4.78 is 41.6. The second-order valence-electron chi connectivity index (χ2n) is 3.50. The molecule has 96 valence electrons. The lowest BCUT2D eigenvalue weighted by Crippen LogP contribution is -2.21. The maximum atomic E-state index is 11.9. The minimum atomic E-state index is -4.11. The van der Waals surface area contributed by atoms with Crippen LogP contribution in [-0.2, 0) is 6.54 Å². The highest BCUT2D eigenvalue weighted by Gasteiger charge is 2.25. The predicted octanol–water partition coefficient (Wildman–Crippen LogP) is 3.50. The van der Waals surface area contributed by atoms with Crippen molar-refractivity contribution in [2.75, 3.05) is 13.7 Å². The summed E-state index contributed by atoms with van der Waals surface area (Å²) in [7, 11) is 1.55. The van der Waals surface area contributed by atoms with Crippen LogP contribution in [-0.4, -0.2) is 19.8 Å². The Labute approximate surface area is 106 Å². The largest absolute Gasteiger partial charge is 0.497 e. The van der Waals surface area contributed by atoms with Crippen LogP contribution in [0.1, 0.15) is 12.0 Å². The number of rotatable bonds is 5. The van der Waals surface area contributed by atoms with Crippen molar-refractivity contribution in [2.24, 2.45) is 0 Å². The molecule has 2 nitrogen and oxygen atoms in total. The fourth-order valence-electron chi connectivity index (χ4n) is 1.27. The third-order valence-electron chi connectivity index (χ3n) is 2.15. The first-order chi connectivity index (χ1) is 7.92. The van der Waals surface area contributed by atoms with Crippen molar-refractivity contribution in [3.8, 4) is 5.75 Å². The SMILES string of the molecule is COc1ccc(Br)c(CNCCC(F)(F)F)c1. The van der Waals surface area contributed by atoms with E-state index in [1.54, 1.807) is 25.3 Å². The van der Waals surface area contributed by atoms with Crippen LogP contribution in [0, 0.1) is 0 Å². The monoisotopic (exact) mass is 311 g/mol. The van der Waals surface area contributed by atoms with Gasteiger partial charge in [0.2, 0.25) is 0 Å². The summed E-state index contributed by atoms with van der Waals surface area (Å²) in [5.74, 6) is 0.681. The Morgan fingerprint density at radius 3 is 2.65 bits per heavy atom. The fourth-order valence-corrected chi connectivity index (χ4v) is 1.65. The number of benzene rings is 1. The Bertz CT molecular complexity index is 368. The lowest BCUT2D eigenvalue weighted by atomic mass is 10.2. The third-order valence-corrected chi connectivity index (χ3v) is 2.93. The molecule has 0 aliphatic carbocycles. The van der Waals surface area contributed by atoms with Gasteiger partial charge in [0.05, 0.1) is 13.5 Å². The summed E-state index contributed by atoms with van der Waals surface area (Å²) in [6.07, 6.45) is -4.94. The molecule has 0 radical (unpaired) electrons. The van der Waals surface area contributed by atoms with Gasteiger partial charge in [0.1, 0.15) is 5.75 Å². The molecule has 0 aliphatic rings. The van der Waals surface area contributed by atoms with Crippen molar-refractivity contribution in [3.63, 3.8) is 0 Å². The van der Waals surface area contributed by atoms with Gasteiger partial charge in [0.25, 0.3) is 0 Å². The summed E-state index contributed by atoms with van der Waals surface area (Å²) in [5.41, 5.74) is 0.867. The predicted molar refractivity (Wildman–Crippen MR) is 63.1 cm³/mol. The molecule has 17 heavy (non-hydrogen) atoms. The molecule has 0 fully saturated rings. The van der Waals surface area contributed by atoms with E-state index < -0.39 is 12.6 Å². The molecule has 1 rings (SSSR count). The molecule has 0 saturated heterocycles. The molecular formula is C11H13BrF3NO. The van der Waals surface area contributed by atoms with Gasteiger partial charge >= 0.3 is 6.18 Å². The van der Waals surface area contributed by atoms with Gasteiger partial charge in [-0.1, -0.05) is 15.9 Å². The van der Waals surface area contributed by atoms with E-state index >= 15 is 0 Å². The first kappa shape index (κ1) is 14.3. The smallest absolute Gasteiger partial charge is 0.390 e. The average molecular weight is 312 g/mol. The molecular weight excluding hydrogens is 299 g/mol. The topological polar surface area (TPSA) is 21.3 Å². The molecule has 1 aromatic rings. The molecule has 1 N–H and O–H groups in total. The summed E-state index contributed by atoms with van der Waals surface area (Å²) in [4.78, 5) is 0. The fraction of sp³-hybridized carbons (Fsp3) is 0.455. The second kappa shape index (κ2) is 6.26. The maximum absolute atomic E-state index is 11.9. The standard InChI is InChI=1S/C11H13BrF3NO/c1-17-9-2-3-10(12)8(6-9)7-16-5-4-11(13,14)15/h2-3,6,16H,4-5,7H2,1H3. The van der Waals surface area contributed by atoms with E-state index in [1.165, 1.54) is 0 Å². The Morgan fingerprint density at radius 1 is 1.35 bits per heavy atom. The number of methoxy groups -OCH3 is 1. The van der Waals surface area contributed by atoms with E-state index in [-0.39, 0.29) is 6.54 Å². The van der Waals surface area contributed by atoms with E-state index in [0.717, 1.165) is 10.0 Å². The molecule has 6 heteroatoms. The van der Waals surface area contributed by atoms with Gasteiger partial charge in [-0.05, 0) is 23.8 Å². The van der Waals surface area contributed by atoms with Crippen LogP contribution in [0.2, 0.25) is 0 Å². The summed E-state index contributed by atoms with van der Waals surface area (Å²) in [6, 6.07) is 5.37. The second-order valence-corrected chi connectivity index (χ2v) is 4.35. The normalized spacial score (nSPS) is 11.6. The van der Waals surface area contributed by atoms with E-state index in [0.29, 0.717) is 12.3 Å². The maximum Gasteiger partial charge on any atom is 0.390 e. The Kier molecular flexibility index (Phi) is 5.27. The van der Waals surface area contributed by atoms with Gasteiger partial charge in [-0.2, -0.15) is 13.2 Å². The summed E-state index contributed by atoms with van der Waals surface area (Å²) >= 11 is 3.33. The van der Waals surface area contributed by atoms with Crippen LogP contribution >= 0.6 is 15.9 Å². The number of alkyl halides is 3. The molecule has 0 heterocycles. The number of hydrogen-bond acceptors (Lipinski definition) is 2. The molecule has 1 aromatic carbocycles. The average Bonchev–Trinajstić information content (AvgIpc) is 2.25. The third kappa shape index (κ3) is 5.41. The number of hydrogen-bond donors (Lipinski definition) is 1. The first-order valence-electron chi connectivity index (χ1n) is 5.02. The summed E-state index contributed by atoms with van der Waals surface area (Å²) in [5, 5.41) is 2.74. The molecule has 0 aliphatic heterocycles. The quantitative estimate of drug-likeness (QED) is 0.840. The van der Waals surface area contributed by atoms with Crippen molar-refractivity contribution in [1.29, 1.82) is 0 Å². The van der Waals surface area contributed by atoms with Gasteiger partial charge in [-0.15, -0.1) is 0 Å². The van der Waals surface area contributed by atoms with Crippen molar-refractivity contribution < 1.29 is 17.9 Å². The molecule has 0 atom stereocenters. The van der Waals surface area contributed by atoms with E-state index in [4.69, 9.17) is 4.74 Å². The lowest BCUT2D eigenvalue weighted by molar-refractivity contribution is -0.133. The Morgan fingerprint density at radius 2 is 2.06 bits per heavy atom. The van der Waals surface area contributed by atoms with Crippen molar-refractivity contribution in [1.82, 2.24) is 5.32 Å². The van der Waals surface area contributed by atoms with Gasteiger partial charge in [-0.3, -0.25) is 0 Å². The van der Waals surface area contributed by atoms with Crippen LogP contribution < -0.4 is 10.1 Å².